The molecular weight excluding hydrogens is 487 g/mol. The molecule has 0 spiro atoms. The van der Waals surface area contributed by atoms with Crippen molar-refractivity contribution in [2.75, 3.05) is 6.61 Å². The van der Waals surface area contributed by atoms with Crippen molar-refractivity contribution in [3.8, 4) is 16.9 Å². The third-order valence-corrected chi connectivity index (χ3v) is 6.56. The number of hydrogen-bond acceptors (Lipinski definition) is 4. The van der Waals surface area contributed by atoms with Crippen LogP contribution in [0.1, 0.15) is 33.9 Å². The van der Waals surface area contributed by atoms with E-state index in [2.05, 4.69) is 21.5 Å². The summed E-state index contributed by atoms with van der Waals surface area (Å²) in [7, 11) is 0. The number of benzene rings is 1. The number of aromatic carboxylic acids is 1. The van der Waals surface area contributed by atoms with Crippen LogP contribution in [0.15, 0.2) is 52.7 Å². The van der Waals surface area contributed by atoms with Gasteiger partial charge < -0.3 is 24.4 Å². The zero-order valence-corrected chi connectivity index (χ0v) is 20.1. The zero-order valence-electron chi connectivity index (χ0n) is 19.3. The molecule has 184 valence electrons. The van der Waals surface area contributed by atoms with Crippen LogP contribution < -0.4 is 10.3 Å². The van der Waals surface area contributed by atoms with Gasteiger partial charge in [0, 0.05) is 34.6 Å². The van der Waals surface area contributed by atoms with Gasteiger partial charge in [-0.25, -0.2) is 14.2 Å². The lowest BCUT2D eigenvalue weighted by Crippen LogP contribution is -2.14. The Morgan fingerprint density at radius 2 is 2.22 bits per heavy atom. The van der Waals surface area contributed by atoms with Gasteiger partial charge in [-0.2, -0.15) is 0 Å². The maximum absolute atomic E-state index is 15.3. The Labute approximate surface area is 209 Å². The number of aromatic nitrogens is 4. The number of aryl methyl sites for hydroxylation is 1. The van der Waals surface area contributed by atoms with Crippen LogP contribution in [0.4, 0.5) is 4.39 Å². The average molecular weight is 509 g/mol. The summed E-state index contributed by atoms with van der Waals surface area (Å²) in [5.74, 6) is -1.53. The van der Waals surface area contributed by atoms with Gasteiger partial charge in [0.05, 0.1) is 35.1 Å². The van der Waals surface area contributed by atoms with Gasteiger partial charge in [-0.3, -0.25) is 4.79 Å². The lowest BCUT2D eigenvalue weighted by atomic mass is 9.97. The van der Waals surface area contributed by atoms with Gasteiger partial charge >= 0.3 is 5.97 Å². The smallest absolute Gasteiger partial charge is 0.353 e. The van der Waals surface area contributed by atoms with Gasteiger partial charge in [0.15, 0.2) is 0 Å². The molecule has 0 aliphatic carbocycles. The molecule has 0 unspecified atom stereocenters. The number of pyridine rings is 1. The van der Waals surface area contributed by atoms with E-state index in [0.717, 1.165) is 5.69 Å². The van der Waals surface area contributed by atoms with Crippen LogP contribution in [-0.2, 0) is 13.0 Å². The lowest BCUT2D eigenvalue weighted by Gasteiger charge is -2.20. The molecule has 3 N–H and O–H groups in total. The van der Waals surface area contributed by atoms with E-state index in [-0.39, 0.29) is 39.7 Å². The molecule has 10 heteroatoms. The van der Waals surface area contributed by atoms with E-state index in [1.807, 2.05) is 6.92 Å². The van der Waals surface area contributed by atoms with Crippen molar-refractivity contribution in [3.05, 3.63) is 86.7 Å². The summed E-state index contributed by atoms with van der Waals surface area (Å²) in [4.78, 5) is 35.4. The second kappa shape index (κ2) is 9.16. The van der Waals surface area contributed by atoms with Gasteiger partial charge in [-0.05, 0) is 49.6 Å². The average Bonchev–Trinajstić information content (AvgIpc) is 3.40. The Morgan fingerprint density at radius 3 is 2.89 bits per heavy atom. The van der Waals surface area contributed by atoms with Gasteiger partial charge in [0.2, 0.25) is 0 Å². The summed E-state index contributed by atoms with van der Waals surface area (Å²) in [5.41, 5.74) is 2.13. The maximum Gasteiger partial charge on any atom is 0.353 e. The standard InChI is InChI=1S/C26H22ClFN4O4/c1-13(27)15(9-19-14(2)30-12-31-19)11-32-20-10-18(28)16-6-4-8-36-24(16)22(20)21(23(32)26(34)35)17-5-3-7-29-25(17)33/h3,5,7,9-10,12H,1,4,6,8,11H2,2H3,(H,29,33)(H,30,31)(H,34,35)/b15-9-. The van der Waals surface area contributed by atoms with E-state index in [0.29, 0.717) is 41.7 Å². The summed E-state index contributed by atoms with van der Waals surface area (Å²) in [6, 6.07) is 4.44. The number of carbonyl (C=O) groups is 1. The highest BCUT2D eigenvalue weighted by atomic mass is 35.5. The highest BCUT2D eigenvalue weighted by molar-refractivity contribution is 6.32. The summed E-state index contributed by atoms with van der Waals surface area (Å²) in [5, 5.41) is 10.9. The van der Waals surface area contributed by atoms with Crippen molar-refractivity contribution in [2.24, 2.45) is 0 Å². The van der Waals surface area contributed by atoms with Gasteiger partial charge in [0.1, 0.15) is 17.3 Å². The molecule has 0 saturated heterocycles. The Hall–Kier alpha value is -4.11. The number of nitrogens with zero attached hydrogens (tertiary/aromatic N) is 2. The number of carboxylic acid groups (broad SMARTS) is 1. The van der Waals surface area contributed by atoms with Crippen molar-refractivity contribution >= 4 is 34.5 Å². The predicted octanol–water partition coefficient (Wildman–Crippen LogP) is 5.03. The van der Waals surface area contributed by atoms with Crippen molar-refractivity contribution in [3.63, 3.8) is 0 Å². The monoisotopic (exact) mass is 508 g/mol. The molecule has 1 aromatic carbocycles. The maximum atomic E-state index is 15.3. The van der Waals surface area contributed by atoms with E-state index >= 15 is 4.39 Å². The van der Waals surface area contributed by atoms with Crippen molar-refractivity contribution in [1.29, 1.82) is 0 Å². The highest BCUT2D eigenvalue weighted by Gasteiger charge is 2.31. The number of ether oxygens (including phenoxy) is 1. The fraction of sp³-hybridized carbons (Fsp3) is 0.192. The quantitative estimate of drug-likeness (QED) is 0.316. The Morgan fingerprint density at radius 1 is 1.42 bits per heavy atom. The number of H-pyrrole nitrogens is 2. The molecule has 3 aromatic heterocycles. The molecular formula is C26H22ClFN4O4. The number of imidazole rings is 1. The Balaban J connectivity index is 1.87. The number of carboxylic acids is 1. The topological polar surface area (TPSA) is 113 Å². The minimum atomic E-state index is -1.29. The fourth-order valence-corrected chi connectivity index (χ4v) is 4.74. The number of allylic oxidation sites excluding steroid dienone is 2. The van der Waals surface area contributed by atoms with Crippen LogP contribution in [-0.4, -0.2) is 37.2 Å². The van der Waals surface area contributed by atoms with Crippen LogP contribution in [0.2, 0.25) is 0 Å². The fourth-order valence-electron chi connectivity index (χ4n) is 4.63. The third-order valence-electron chi connectivity index (χ3n) is 6.32. The minimum Gasteiger partial charge on any atom is -0.492 e. The van der Waals surface area contributed by atoms with Gasteiger partial charge in [0.25, 0.3) is 5.56 Å². The minimum absolute atomic E-state index is 0.0598. The molecule has 0 radical (unpaired) electrons. The lowest BCUT2D eigenvalue weighted by molar-refractivity contribution is 0.0687. The predicted molar refractivity (Wildman–Crippen MR) is 135 cm³/mol. The molecule has 4 heterocycles. The van der Waals surface area contributed by atoms with Crippen LogP contribution >= 0.6 is 11.6 Å². The van der Waals surface area contributed by atoms with E-state index in [1.165, 1.54) is 29.2 Å². The molecule has 0 bridgehead atoms. The van der Waals surface area contributed by atoms with Gasteiger partial charge in [-0.15, -0.1) is 0 Å². The number of halogens is 2. The first kappa shape index (κ1) is 23.6. The number of hydrogen-bond donors (Lipinski definition) is 3. The number of fused-ring (bicyclic) bond motifs is 3. The van der Waals surface area contributed by atoms with Crippen LogP contribution in [0.25, 0.3) is 28.1 Å². The summed E-state index contributed by atoms with van der Waals surface area (Å²) in [6.07, 6.45) is 5.76. The zero-order chi connectivity index (χ0) is 25.6. The van der Waals surface area contributed by atoms with Crippen LogP contribution in [0.3, 0.4) is 0 Å². The molecule has 4 aromatic rings. The molecule has 1 aliphatic heterocycles. The summed E-state index contributed by atoms with van der Waals surface area (Å²) < 4.78 is 22.6. The molecule has 1 aliphatic rings. The van der Waals surface area contributed by atoms with E-state index < -0.39 is 17.3 Å². The molecule has 0 saturated carbocycles. The van der Waals surface area contributed by atoms with E-state index in [1.54, 1.807) is 12.1 Å². The third kappa shape index (κ3) is 3.91. The Bertz CT molecular complexity index is 1630. The van der Waals surface area contributed by atoms with Crippen molar-refractivity contribution in [1.82, 2.24) is 19.5 Å². The summed E-state index contributed by atoms with van der Waals surface area (Å²) in [6.45, 7) is 5.95. The molecule has 8 nitrogen and oxygen atoms in total. The molecule has 0 amide bonds. The SMILES string of the molecule is C=C(Cl)/C(=C\c1nc[nH]c1C)Cn1c(C(=O)O)c(-c2ccc[nH]c2=O)c2c3c(c(F)cc21)CCCO3. The van der Waals surface area contributed by atoms with Crippen LogP contribution in [0.5, 0.6) is 5.75 Å². The molecule has 0 atom stereocenters. The largest absolute Gasteiger partial charge is 0.492 e. The number of aromatic amines is 2. The van der Waals surface area contributed by atoms with E-state index in [4.69, 9.17) is 16.3 Å². The molecule has 0 fully saturated rings. The van der Waals surface area contributed by atoms with Crippen molar-refractivity contribution in [2.45, 2.75) is 26.3 Å². The normalized spacial score (nSPS) is 13.5. The Kier molecular flexibility index (Phi) is 6.01. The van der Waals surface area contributed by atoms with Gasteiger partial charge in [-0.1, -0.05) is 18.2 Å². The second-order valence-electron chi connectivity index (χ2n) is 8.53. The molecule has 36 heavy (non-hydrogen) atoms. The number of nitrogens with one attached hydrogen (secondary N) is 2. The second-order valence-corrected chi connectivity index (χ2v) is 8.98. The van der Waals surface area contributed by atoms with Crippen molar-refractivity contribution < 1.29 is 19.0 Å². The first-order valence-corrected chi connectivity index (χ1v) is 11.6. The first-order valence-electron chi connectivity index (χ1n) is 11.2. The summed E-state index contributed by atoms with van der Waals surface area (Å²) >= 11 is 6.33. The molecule has 5 rings (SSSR count). The van der Waals surface area contributed by atoms with Crippen LogP contribution in [0, 0.1) is 12.7 Å². The first-order chi connectivity index (χ1) is 17.3. The van der Waals surface area contributed by atoms with E-state index in [9.17, 15) is 14.7 Å². The number of rotatable bonds is 6. The highest BCUT2D eigenvalue weighted by Crippen LogP contribution is 2.44.